The Balaban J connectivity index is 3.73. The molecule has 4 nitrogen and oxygen atoms in total. The molecule has 0 aromatic rings. The molecule has 0 aromatic heterocycles. The maximum absolute atomic E-state index is 12.2. The number of unbranched alkanes of at least 4 members (excludes halogenated alkanes) is 10. The summed E-state index contributed by atoms with van der Waals surface area (Å²) in [5.41, 5.74) is 0. The minimum absolute atomic E-state index is 0.0971. The second-order valence-electron chi connectivity index (χ2n) is 7.67. The van der Waals surface area contributed by atoms with Crippen LogP contribution in [0.15, 0.2) is 0 Å². The molecule has 0 N–H and O–H groups in total. The highest BCUT2D eigenvalue weighted by Gasteiger charge is 2.13. The highest BCUT2D eigenvalue weighted by atomic mass is 16.2. The minimum Gasteiger partial charge on any atom is -0.346 e. The summed E-state index contributed by atoms with van der Waals surface area (Å²) in [4.78, 5) is 27.9. The van der Waals surface area contributed by atoms with Crippen LogP contribution < -0.4 is 0 Å². The van der Waals surface area contributed by atoms with Crippen molar-refractivity contribution in [3.05, 3.63) is 0 Å². The van der Waals surface area contributed by atoms with Crippen LogP contribution in [0.25, 0.3) is 0 Å². The van der Waals surface area contributed by atoms with Crippen molar-refractivity contribution in [1.29, 1.82) is 0 Å². The van der Waals surface area contributed by atoms with Gasteiger partial charge in [0, 0.05) is 40.0 Å². The van der Waals surface area contributed by atoms with E-state index in [0.717, 1.165) is 25.9 Å². The van der Waals surface area contributed by atoms with Crippen molar-refractivity contribution in [3.63, 3.8) is 0 Å². The summed E-state index contributed by atoms with van der Waals surface area (Å²) < 4.78 is 0. The maximum Gasteiger partial charge on any atom is 0.222 e. The number of carbonyl (C=O) groups excluding carboxylic acids is 2. The number of amides is 2. The van der Waals surface area contributed by atoms with Gasteiger partial charge in [0.1, 0.15) is 0 Å². The highest BCUT2D eigenvalue weighted by molar-refractivity contribution is 5.83. The van der Waals surface area contributed by atoms with Gasteiger partial charge >= 0.3 is 0 Å². The van der Waals surface area contributed by atoms with Gasteiger partial charge in [-0.2, -0.15) is 0 Å². The molecule has 0 rings (SSSR count). The predicted molar refractivity (Wildman–Crippen MR) is 111 cm³/mol. The molecule has 0 saturated carbocycles. The van der Waals surface area contributed by atoms with Crippen molar-refractivity contribution in [1.82, 2.24) is 9.80 Å². The zero-order chi connectivity index (χ0) is 19.6. The molecule has 0 aromatic carbocycles. The molecule has 0 unspecified atom stereocenters. The van der Waals surface area contributed by atoms with Crippen LogP contribution in [0.1, 0.15) is 104 Å². The Kier molecular flexibility index (Phi) is 16.7. The number of nitrogens with zero attached hydrogens (tertiary/aromatic N) is 2. The van der Waals surface area contributed by atoms with E-state index < -0.39 is 0 Å². The van der Waals surface area contributed by atoms with Crippen LogP contribution >= 0.6 is 0 Å². The molecule has 0 atom stereocenters. The van der Waals surface area contributed by atoms with Crippen molar-refractivity contribution in [2.45, 2.75) is 104 Å². The van der Waals surface area contributed by atoms with Gasteiger partial charge in [0.05, 0.1) is 0 Å². The fraction of sp³-hybridized carbons (Fsp3) is 0.909. The monoisotopic (exact) mass is 368 g/mol. The van der Waals surface area contributed by atoms with E-state index in [9.17, 15) is 9.59 Å². The summed E-state index contributed by atoms with van der Waals surface area (Å²) in [5, 5.41) is 0. The zero-order valence-corrected chi connectivity index (χ0v) is 18.0. The fourth-order valence-corrected chi connectivity index (χ4v) is 3.10. The summed E-state index contributed by atoms with van der Waals surface area (Å²) >= 11 is 0. The normalized spacial score (nSPS) is 10.8. The molecule has 0 aliphatic rings. The number of rotatable bonds is 17. The van der Waals surface area contributed by atoms with Crippen LogP contribution in [-0.4, -0.2) is 48.8 Å². The average molecular weight is 369 g/mol. The number of hydrogen-bond donors (Lipinski definition) is 0. The standard InChI is InChI=1S/C22H44N2O2/c1-5-7-9-11-13-15-19-23(3)21(25)17-18-22(26)24(4)20-16-14-12-10-8-6-2/h5-20H2,1-4H3. The van der Waals surface area contributed by atoms with Gasteiger partial charge in [0.15, 0.2) is 0 Å². The average Bonchev–Trinajstić information content (AvgIpc) is 2.64. The highest BCUT2D eigenvalue weighted by Crippen LogP contribution is 2.08. The Hall–Kier alpha value is -1.06. The molecule has 154 valence electrons. The molecule has 0 heterocycles. The van der Waals surface area contributed by atoms with Crippen LogP contribution in [0.4, 0.5) is 0 Å². The minimum atomic E-state index is 0.0971. The number of hydrogen-bond acceptors (Lipinski definition) is 2. The largest absolute Gasteiger partial charge is 0.346 e. The predicted octanol–water partition coefficient (Wildman–Crippen LogP) is 5.40. The Bertz CT molecular complexity index is 324. The van der Waals surface area contributed by atoms with Gasteiger partial charge in [-0.05, 0) is 12.8 Å². The second kappa shape index (κ2) is 17.4. The number of carbonyl (C=O) groups is 2. The SMILES string of the molecule is CCCCCCCCN(C)C(=O)CCC(=O)N(C)CCCCCCCC. The summed E-state index contributed by atoms with van der Waals surface area (Å²) in [6.07, 6.45) is 15.5. The van der Waals surface area contributed by atoms with Crippen molar-refractivity contribution >= 4 is 11.8 Å². The zero-order valence-electron chi connectivity index (χ0n) is 18.0. The van der Waals surface area contributed by atoms with E-state index in [1.807, 2.05) is 14.1 Å². The van der Waals surface area contributed by atoms with Crippen molar-refractivity contribution < 1.29 is 9.59 Å². The topological polar surface area (TPSA) is 40.6 Å². The molecule has 0 saturated heterocycles. The van der Waals surface area contributed by atoms with Gasteiger partial charge in [-0.25, -0.2) is 0 Å². The first-order valence-corrected chi connectivity index (χ1v) is 11.0. The van der Waals surface area contributed by atoms with E-state index in [0.29, 0.717) is 12.8 Å². The van der Waals surface area contributed by atoms with E-state index in [1.54, 1.807) is 9.80 Å². The van der Waals surface area contributed by atoms with Gasteiger partial charge < -0.3 is 9.80 Å². The van der Waals surface area contributed by atoms with E-state index in [-0.39, 0.29) is 11.8 Å². The first-order valence-electron chi connectivity index (χ1n) is 11.0. The fourth-order valence-electron chi connectivity index (χ4n) is 3.10. The molecule has 26 heavy (non-hydrogen) atoms. The first-order chi connectivity index (χ1) is 12.5. The third kappa shape index (κ3) is 14.1. The van der Waals surface area contributed by atoms with Crippen LogP contribution in [-0.2, 0) is 9.59 Å². The molecule has 0 radical (unpaired) electrons. The second-order valence-corrected chi connectivity index (χ2v) is 7.67. The molecule has 2 amide bonds. The Labute approximate surface area is 162 Å². The van der Waals surface area contributed by atoms with E-state index in [4.69, 9.17) is 0 Å². The van der Waals surface area contributed by atoms with Crippen LogP contribution in [0.3, 0.4) is 0 Å². The molecule has 0 aliphatic heterocycles. The molecule has 0 bridgehead atoms. The molecule has 0 spiro atoms. The molecule has 0 aliphatic carbocycles. The molecular formula is C22H44N2O2. The summed E-state index contributed by atoms with van der Waals surface area (Å²) in [5.74, 6) is 0.194. The van der Waals surface area contributed by atoms with Crippen LogP contribution in [0, 0.1) is 0 Å². The van der Waals surface area contributed by atoms with Gasteiger partial charge in [-0.15, -0.1) is 0 Å². The van der Waals surface area contributed by atoms with Crippen molar-refractivity contribution in [2.75, 3.05) is 27.2 Å². The van der Waals surface area contributed by atoms with Crippen molar-refractivity contribution in [3.8, 4) is 0 Å². The van der Waals surface area contributed by atoms with Crippen LogP contribution in [0.5, 0.6) is 0 Å². The van der Waals surface area contributed by atoms with Gasteiger partial charge in [-0.3, -0.25) is 9.59 Å². The first kappa shape index (κ1) is 24.9. The van der Waals surface area contributed by atoms with Gasteiger partial charge in [-0.1, -0.05) is 78.1 Å². The summed E-state index contributed by atoms with van der Waals surface area (Å²) in [6, 6.07) is 0. The third-order valence-corrected chi connectivity index (χ3v) is 5.10. The summed E-state index contributed by atoms with van der Waals surface area (Å²) in [7, 11) is 3.72. The Morgan fingerprint density at radius 2 is 0.846 bits per heavy atom. The molecule has 4 heteroatoms. The molecule has 0 fully saturated rings. The van der Waals surface area contributed by atoms with E-state index in [2.05, 4.69) is 13.8 Å². The van der Waals surface area contributed by atoms with E-state index >= 15 is 0 Å². The lowest BCUT2D eigenvalue weighted by Crippen LogP contribution is -2.31. The van der Waals surface area contributed by atoms with Crippen molar-refractivity contribution in [2.24, 2.45) is 0 Å². The maximum atomic E-state index is 12.2. The molecular weight excluding hydrogens is 324 g/mol. The van der Waals surface area contributed by atoms with Gasteiger partial charge in [0.25, 0.3) is 0 Å². The Morgan fingerprint density at radius 3 is 1.19 bits per heavy atom. The quantitative estimate of drug-likeness (QED) is 0.322. The van der Waals surface area contributed by atoms with Gasteiger partial charge in [0.2, 0.25) is 11.8 Å². The smallest absolute Gasteiger partial charge is 0.222 e. The van der Waals surface area contributed by atoms with Crippen LogP contribution in [0.2, 0.25) is 0 Å². The lowest BCUT2D eigenvalue weighted by molar-refractivity contribution is -0.135. The lowest BCUT2D eigenvalue weighted by atomic mass is 10.1. The third-order valence-electron chi connectivity index (χ3n) is 5.10. The lowest BCUT2D eigenvalue weighted by Gasteiger charge is -2.19. The Morgan fingerprint density at radius 1 is 0.538 bits per heavy atom. The van der Waals surface area contributed by atoms with E-state index in [1.165, 1.54) is 64.2 Å². The summed E-state index contributed by atoms with van der Waals surface area (Å²) in [6.45, 7) is 6.07.